The number of benzene rings is 2. The van der Waals surface area contributed by atoms with Crippen molar-refractivity contribution >= 4 is 23.5 Å². The number of nitrogens with one attached hydrogen (secondary N) is 1. The van der Waals surface area contributed by atoms with Crippen molar-refractivity contribution in [2.45, 2.75) is 38.5 Å². The number of ether oxygens (including phenoxy) is 2. The molecule has 1 heterocycles. The summed E-state index contributed by atoms with van der Waals surface area (Å²) in [5.41, 5.74) is 3.78. The zero-order valence-electron chi connectivity index (χ0n) is 19.7. The first-order valence-corrected chi connectivity index (χ1v) is 12.0. The Kier molecular flexibility index (Phi) is 7.57. The lowest BCUT2D eigenvalue weighted by atomic mass is 9.80. The predicted molar refractivity (Wildman–Crippen MR) is 132 cm³/mol. The summed E-state index contributed by atoms with van der Waals surface area (Å²) < 4.78 is 11.1. The second-order valence-corrected chi connectivity index (χ2v) is 9.28. The molecule has 0 saturated heterocycles. The van der Waals surface area contributed by atoms with Crippen molar-refractivity contribution in [2.75, 3.05) is 13.2 Å². The average molecular weight is 491 g/mol. The Morgan fingerprint density at radius 3 is 2.31 bits per heavy atom. The molecule has 0 spiro atoms. The molecular formula is C28H27ClN2O4. The number of carbonyl (C=O) groups excluding carboxylic acids is 2. The van der Waals surface area contributed by atoms with Crippen molar-refractivity contribution in [1.82, 2.24) is 5.32 Å². The Balaban J connectivity index is 1.57. The third kappa shape index (κ3) is 5.58. The maximum absolute atomic E-state index is 13.4. The van der Waals surface area contributed by atoms with Gasteiger partial charge in [-0.05, 0) is 49.4 Å². The van der Waals surface area contributed by atoms with E-state index < -0.39 is 17.9 Å². The standard InChI is InChI=1S/C28H27ClN2O4/c1-17-24(27(32)34-13-7-12-30)26(20-10-6-11-22(29)14-20)25(18(2)31-17)28(33)35-16-21-15-23(21)19-8-4-3-5-9-19/h3-6,8-11,14,21,23,26,31H,7,13,15-16H2,1-2H3. The van der Waals surface area contributed by atoms with E-state index in [0.29, 0.717) is 45.7 Å². The highest BCUT2D eigenvalue weighted by Crippen LogP contribution is 2.48. The zero-order valence-corrected chi connectivity index (χ0v) is 20.5. The number of hydrogen-bond acceptors (Lipinski definition) is 6. The Bertz CT molecular complexity index is 1230. The molecule has 6 nitrogen and oxygen atoms in total. The van der Waals surface area contributed by atoms with E-state index in [1.807, 2.05) is 30.3 Å². The SMILES string of the molecule is CC1=C(C(=O)OCCC#N)C(c2cccc(Cl)c2)C(C(=O)OCC2CC2c2ccccc2)=C(C)N1. The summed E-state index contributed by atoms with van der Waals surface area (Å²) in [5, 5.41) is 12.4. The van der Waals surface area contributed by atoms with Crippen LogP contribution in [0.15, 0.2) is 77.1 Å². The van der Waals surface area contributed by atoms with Gasteiger partial charge in [0.05, 0.1) is 36.2 Å². The van der Waals surface area contributed by atoms with E-state index in [4.69, 9.17) is 26.3 Å². The fourth-order valence-corrected chi connectivity index (χ4v) is 4.82. The summed E-state index contributed by atoms with van der Waals surface area (Å²) in [4.78, 5) is 26.5. The summed E-state index contributed by atoms with van der Waals surface area (Å²) in [6.45, 7) is 3.83. The lowest BCUT2D eigenvalue weighted by Crippen LogP contribution is -2.32. The van der Waals surface area contributed by atoms with Crippen LogP contribution < -0.4 is 5.32 Å². The van der Waals surface area contributed by atoms with Gasteiger partial charge >= 0.3 is 11.9 Å². The highest BCUT2D eigenvalue weighted by atomic mass is 35.5. The molecule has 2 aromatic rings. The molecule has 3 atom stereocenters. The number of halogens is 1. The third-order valence-electron chi connectivity index (χ3n) is 6.41. The van der Waals surface area contributed by atoms with Crippen LogP contribution in [0, 0.1) is 17.2 Å². The van der Waals surface area contributed by atoms with Gasteiger partial charge in [-0.1, -0.05) is 54.1 Å². The number of rotatable bonds is 8. The molecule has 3 unspecified atom stereocenters. The topological polar surface area (TPSA) is 88.4 Å². The van der Waals surface area contributed by atoms with Crippen LogP contribution in [0.1, 0.15) is 49.7 Å². The number of allylic oxidation sites excluding steroid dienone is 2. The predicted octanol–water partition coefficient (Wildman–Crippen LogP) is 5.38. The van der Waals surface area contributed by atoms with E-state index in [1.165, 1.54) is 5.56 Å². The number of dihydropyridines is 1. The molecule has 1 N–H and O–H groups in total. The van der Waals surface area contributed by atoms with Gasteiger partial charge < -0.3 is 14.8 Å². The van der Waals surface area contributed by atoms with E-state index in [0.717, 1.165) is 6.42 Å². The van der Waals surface area contributed by atoms with Gasteiger partial charge in [0.25, 0.3) is 0 Å². The molecular weight excluding hydrogens is 464 g/mol. The van der Waals surface area contributed by atoms with Crippen molar-refractivity contribution in [1.29, 1.82) is 5.26 Å². The Morgan fingerprint density at radius 2 is 1.66 bits per heavy atom. The third-order valence-corrected chi connectivity index (χ3v) is 6.64. The molecule has 2 aromatic carbocycles. The molecule has 4 rings (SSSR count). The summed E-state index contributed by atoms with van der Waals surface area (Å²) in [7, 11) is 0. The van der Waals surface area contributed by atoms with Crippen molar-refractivity contribution < 1.29 is 19.1 Å². The molecule has 0 amide bonds. The van der Waals surface area contributed by atoms with Gasteiger partial charge in [0.15, 0.2) is 0 Å². The Hall–Kier alpha value is -3.56. The van der Waals surface area contributed by atoms with Crippen molar-refractivity contribution in [3.63, 3.8) is 0 Å². The second-order valence-electron chi connectivity index (χ2n) is 8.85. The second kappa shape index (κ2) is 10.8. The van der Waals surface area contributed by atoms with Crippen LogP contribution in [0.2, 0.25) is 5.02 Å². The number of esters is 2. The first-order chi connectivity index (χ1) is 16.9. The van der Waals surface area contributed by atoms with Gasteiger partial charge in [-0.25, -0.2) is 9.59 Å². The smallest absolute Gasteiger partial charge is 0.336 e. The molecule has 0 radical (unpaired) electrons. The van der Waals surface area contributed by atoms with Crippen LogP contribution in [0.5, 0.6) is 0 Å². The highest BCUT2D eigenvalue weighted by Gasteiger charge is 2.41. The van der Waals surface area contributed by atoms with Crippen LogP contribution in [-0.4, -0.2) is 25.2 Å². The molecule has 0 bridgehead atoms. The summed E-state index contributed by atoms with van der Waals surface area (Å²) >= 11 is 6.26. The minimum absolute atomic E-state index is 0.0284. The fraction of sp³-hybridized carbons (Fsp3) is 0.321. The van der Waals surface area contributed by atoms with Gasteiger partial charge in [0.1, 0.15) is 6.61 Å². The van der Waals surface area contributed by atoms with Gasteiger partial charge in [-0.2, -0.15) is 5.26 Å². The number of nitrogens with zero attached hydrogens (tertiary/aromatic N) is 1. The zero-order chi connectivity index (χ0) is 24.9. The minimum atomic E-state index is -0.707. The Morgan fingerprint density at radius 1 is 1.00 bits per heavy atom. The van der Waals surface area contributed by atoms with Crippen molar-refractivity contribution in [3.05, 3.63) is 93.3 Å². The van der Waals surface area contributed by atoms with Crippen molar-refractivity contribution in [2.24, 2.45) is 5.92 Å². The molecule has 1 saturated carbocycles. The molecule has 180 valence electrons. The Labute approximate surface area is 210 Å². The van der Waals surface area contributed by atoms with Gasteiger partial charge in [0, 0.05) is 22.3 Å². The monoisotopic (exact) mass is 490 g/mol. The van der Waals surface area contributed by atoms with Gasteiger partial charge in [0.2, 0.25) is 0 Å². The summed E-state index contributed by atoms with van der Waals surface area (Å²) in [5.74, 6) is -1.11. The average Bonchev–Trinajstić information content (AvgIpc) is 3.62. The number of hydrogen-bond donors (Lipinski definition) is 1. The van der Waals surface area contributed by atoms with Crippen LogP contribution in [0.25, 0.3) is 0 Å². The first kappa shape index (κ1) is 24.6. The van der Waals surface area contributed by atoms with Crippen LogP contribution in [0.4, 0.5) is 0 Å². The highest BCUT2D eigenvalue weighted by molar-refractivity contribution is 6.30. The van der Waals surface area contributed by atoms with Crippen LogP contribution in [0.3, 0.4) is 0 Å². The number of carbonyl (C=O) groups is 2. The summed E-state index contributed by atoms with van der Waals surface area (Å²) in [6.07, 6.45) is 1.06. The van der Waals surface area contributed by atoms with Crippen molar-refractivity contribution in [3.8, 4) is 6.07 Å². The van der Waals surface area contributed by atoms with E-state index in [1.54, 1.807) is 32.0 Å². The first-order valence-electron chi connectivity index (χ1n) is 11.6. The molecule has 0 aromatic heterocycles. The van der Waals surface area contributed by atoms with E-state index in [9.17, 15) is 9.59 Å². The van der Waals surface area contributed by atoms with Crippen LogP contribution >= 0.6 is 11.6 Å². The van der Waals surface area contributed by atoms with Gasteiger partial charge in [-0.15, -0.1) is 0 Å². The molecule has 35 heavy (non-hydrogen) atoms. The molecule has 1 aliphatic carbocycles. The van der Waals surface area contributed by atoms with Gasteiger partial charge in [-0.3, -0.25) is 0 Å². The molecule has 2 aliphatic rings. The molecule has 7 heteroatoms. The quantitative estimate of drug-likeness (QED) is 0.395. The largest absolute Gasteiger partial charge is 0.462 e. The maximum atomic E-state index is 13.4. The van der Waals surface area contributed by atoms with E-state index in [-0.39, 0.29) is 18.9 Å². The molecule has 1 fully saturated rings. The lowest BCUT2D eigenvalue weighted by molar-refractivity contribution is -0.140. The van der Waals surface area contributed by atoms with E-state index in [2.05, 4.69) is 17.4 Å². The normalized spacial score (nSPS) is 21.1. The minimum Gasteiger partial charge on any atom is -0.462 e. The van der Waals surface area contributed by atoms with Crippen LogP contribution in [-0.2, 0) is 19.1 Å². The maximum Gasteiger partial charge on any atom is 0.336 e. The van der Waals surface area contributed by atoms with E-state index >= 15 is 0 Å². The lowest BCUT2D eigenvalue weighted by Gasteiger charge is -2.30. The fourth-order valence-electron chi connectivity index (χ4n) is 4.62. The number of nitriles is 1. The molecule has 1 aliphatic heterocycles. The summed E-state index contributed by atoms with van der Waals surface area (Å²) in [6, 6.07) is 19.2.